The van der Waals surface area contributed by atoms with Crippen molar-refractivity contribution in [2.24, 2.45) is 5.92 Å². The van der Waals surface area contributed by atoms with Gasteiger partial charge in [0.15, 0.2) is 0 Å². The lowest BCUT2D eigenvalue weighted by Gasteiger charge is -2.05. The van der Waals surface area contributed by atoms with Crippen LogP contribution in [0.25, 0.3) is 0 Å². The Morgan fingerprint density at radius 1 is 1.50 bits per heavy atom. The summed E-state index contributed by atoms with van der Waals surface area (Å²) in [6, 6.07) is 0. The Hall–Kier alpha value is -0.690. The third kappa shape index (κ3) is 6.05. The van der Waals surface area contributed by atoms with E-state index in [0.717, 1.165) is 0 Å². The molecule has 1 unspecified atom stereocenters. The van der Waals surface area contributed by atoms with Gasteiger partial charge in [-0.05, 0) is 12.1 Å². The highest BCUT2D eigenvalue weighted by Gasteiger charge is 1.92. The lowest BCUT2D eigenvalue weighted by Crippen LogP contribution is -2.01. The predicted molar refractivity (Wildman–Crippen MR) is 56.1 cm³/mol. The molecule has 0 fully saturated rings. The Labute approximate surface area is 80.0 Å². The van der Waals surface area contributed by atoms with Crippen molar-refractivity contribution in [3.05, 3.63) is 36.0 Å². The number of allylic oxidation sites excluding steroid dienone is 4. The zero-order valence-corrected chi connectivity index (χ0v) is 8.67. The summed E-state index contributed by atoms with van der Waals surface area (Å²) in [4.78, 5) is 1.99. The van der Waals surface area contributed by atoms with Gasteiger partial charge in [0.2, 0.25) is 0 Å². The number of hydrogen-bond acceptors (Lipinski definition) is 1. The molecule has 0 bridgehead atoms. The summed E-state index contributed by atoms with van der Waals surface area (Å²) >= 11 is 5.77. The summed E-state index contributed by atoms with van der Waals surface area (Å²) in [6.07, 6.45) is 7.68. The van der Waals surface area contributed by atoms with Crippen LogP contribution in [0.3, 0.4) is 0 Å². The maximum Gasteiger partial charge on any atom is 0.0366 e. The summed E-state index contributed by atoms with van der Waals surface area (Å²) in [5, 5.41) is 0.700. The molecular formula is C10H16ClN. The highest BCUT2D eigenvalue weighted by molar-refractivity contribution is 6.31. The zero-order valence-electron chi connectivity index (χ0n) is 7.92. The average molecular weight is 186 g/mol. The van der Waals surface area contributed by atoms with Crippen molar-refractivity contribution in [2.75, 3.05) is 14.1 Å². The minimum absolute atomic E-state index is 0.345. The maximum absolute atomic E-state index is 5.77. The Morgan fingerprint density at radius 3 is 2.50 bits per heavy atom. The summed E-state index contributed by atoms with van der Waals surface area (Å²) in [5.41, 5.74) is 0. The third-order valence-electron chi connectivity index (χ3n) is 1.30. The van der Waals surface area contributed by atoms with E-state index in [1.54, 1.807) is 6.08 Å². The lowest BCUT2D eigenvalue weighted by molar-refractivity contribution is 0.558. The molecule has 0 heterocycles. The minimum Gasteiger partial charge on any atom is -0.384 e. The van der Waals surface area contributed by atoms with E-state index < -0.39 is 0 Å². The van der Waals surface area contributed by atoms with Gasteiger partial charge < -0.3 is 4.90 Å². The Morgan fingerprint density at radius 2 is 2.08 bits per heavy atom. The first-order valence-corrected chi connectivity index (χ1v) is 4.28. The normalized spacial score (nSPS) is 14.8. The van der Waals surface area contributed by atoms with Gasteiger partial charge in [-0.15, -0.1) is 0 Å². The monoisotopic (exact) mass is 185 g/mol. The molecular weight excluding hydrogens is 170 g/mol. The van der Waals surface area contributed by atoms with Crippen LogP contribution in [0.15, 0.2) is 36.0 Å². The quantitative estimate of drug-likeness (QED) is 0.609. The molecule has 0 N–H and O–H groups in total. The summed E-state index contributed by atoms with van der Waals surface area (Å²) in [6.45, 7) is 5.65. The SMILES string of the molecule is C=CC(Cl)=CC(C)C=CN(C)C. The molecule has 0 aromatic rings. The van der Waals surface area contributed by atoms with Gasteiger partial charge in [0.25, 0.3) is 0 Å². The first kappa shape index (κ1) is 11.3. The molecule has 0 spiro atoms. The molecule has 0 aliphatic heterocycles. The van der Waals surface area contributed by atoms with Crippen LogP contribution < -0.4 is 0 Å². The molecule has 12 heavy (non-hydrogen) atoms. The van der Waals surface area contributed by atoms with Crippen molar-refractivity contribution in [1.82, 2.24) is 4.90 Å². The van der Waals surface area contributed by atoms with Gasteiger partial charge in [-0.25, -0.2) is 0 Å². The number of nitrogens with zero attached hydrogens (tertiary/aromatic N) is 1. The molecule has 1 atom stereocenters. The number of hydrogen-bond donors (Lipinski definition) is 0. The predicted octanol–water partition coefficient (Wildman–Crippen LogP) is 3.01. The third-order valence-corrected chi connectivity index (χ3v) is 1.59. The topological polar surface area (TPSA) is 3.24 Å². The van der Waals surface area contributed by atoms with Gasteiger partial charge in [-0.3, -0.25) is 0 Å². The van der Waals surface area contributed by atoms with Gasteiger partial charge in [-0.2, -0.15) is 0 Å². The van der Waals surface area contributed by atoms with E-state index in [0.29, 0.717) is 11.0 Å². The molecule has 2 heteroatoms. The molecule has 0 aromatic carbocycles. The van der Waals surface area contributed by atoms with E-state index in [1.165, 1.54) is 0 Å². The second-order valence-electron chi connectivity index (χ2n) is 2.92. The molecule has 0 saturated heterocycles. The van der Waals surface area contributed by atoms with E-state index >= 15 is 0 Å². The van der Waals surface area contributed by atoms with Crippen LogP contribution in [-0.2, 0) is 0 Å². The smallest absolute Gasteiger partial charge is 0.0366 e. The Balaban J connectivity index is 4.04. The first-order valence-electron chi connectivity index (χ1n) is 3.90. The molecule has 0 radical (unpaired) electrons. The molecule has 68 valence electrons. The number of halogens is 1. The molecule has 0 rings (SSSR count). The maximum atomic E-state index is 5.77. The number of rotatable bonds is 4. The van der Waals surface area contributed by atoms with E-state index in [9.17, 15) is 0 Å². The van der Waals surface area contributed by atoms with Gasteiger partial charge in [0, 0.05) is 19.1 Å². The molecule has 0 aliphatic carbocycles. The Bertz CT molecular complexity index is 192. The van der Waals surface area contributed by atoms with Crippen molar-refractivity contribution < 1.29 is 0 Å². The largest absolute Gasteiger partial charge is 0.384 e. The minimum atomic E-state index is 0.345. The highest BCUT2D eigenvalue weighted by Crippen LogP contribution is 2.09. The van der Waals surface area contributed by atoms with Gasteiger partial charge in [0.05, 0.1) is 0 Å². The summed E-state index contributed by atoms with van der Waals surface area (Å²) < 4.78 is 0. The average Bonchev–Trinajstić information content (AvgIpc) is 2.00. The second kappa shape index (κ2) is 5.90. The van der Waals surface area contributed by atoms with Gasteiger partial charge in [-0.1, -0.05) is 43.3 Å². The fourth-order valence-electron chi connectivity index (χ4n) is 0.683. The van der Waals surface area contributed by atoms with Crippen LogP contribution in [0.1, 0.15) is 6.92 Å². The molecule has 0 saturated carbocycles. The summed E-state index contributed by atoms with van der Waals surface area (Å²) in [5.74, 6) is 0.345. The van der Waals surface area contributed by atoms with E-state index in [1.807, 2.05) is 31.3 Å². The van der Waals surface area contributed by atoms with Crippen LogP contribution in [0.2, 0.25) is 0 Å². The van der Waals surface area contributed by atoms with Crippen LogP contribution in [0.4, 0.5) is 0 Å². The standard InChI is InChI=1S/C10H16ClN/c1-5-10(11)8-9(2)6-7-12(3)4/h5-9H,1H2,2-4H3. The van der Waals surface area contributed by atoms with Crippen LogP contribution in [0, 0.1) is 5.92 Å². The molecule has 0 amide bonds. The van der Waals surface area contributed by atoms with Crippen molar-refractivity contribution in [2.45, 2.75) is 6.92 Å². The van der Waals surface area contributed by atoms with Crippen molar-refractivity contribution in [3.63, 3.8) is 0 Å². The van der Waals surface area contributed by atoms with E-state index in [2.05, 4.69) is 19.6 Å². The molecule has 1 nitrogen and oxygen atoms in total. The fraction of sp³-hybridized carbons (Fsp3) is 0.400. The fourth-order valence-corrected chi connectivity index (χ4v) is 0.881. The van der Waals surface area contributed by atoms with Crippen molar-refractivity contribution >= 4 is 11.6 Å². The molecule has 0 aliphatic rings. The van der Waals surface area contributed by atoms with Crippen molar-refractivity contribution in [3.8, 4) is 0 Å². The Kier molecular flexibility index (Phi) is 5.56. The zero-order chi connectivity index (χ0) is 9.56. The molecule has 0 aromatic heterocycles. The van der Waals surface area contributed by atoms with Crippen LogP contribution in [0.5, 0.6) is 0 Å². The highest BCUT2D eigenvalue weighted by atomic mass is 35.5. The van der Waals surface area contributed by atoms with Gasteiger partial charge in [0.1, 0.15) is 0 Å². The van der Waals surface area contributed by atoms with Crippen LogP contribution >= 0.6 is 11.6 Å². The second-order valence-corrected chi connectivity index (χ2v) is 3.36. The van der Waals surface area contributed by atoms with E-state index in [-0.39, 0.29) is 0 Å². The van der Waals surface area contributed by atoms with Gasteiger partial charge >= 0.3 is 0 Å². The van der Waals surface area contributed by atoms with E-state index in [4.69, 9.17) is 11.6 Å². The summed E-state index contributed by atoms with van der Waals surface area (Å²) in [7, 11) is 3.98. The first-order chi connectivity index (χ1) is 5.56. The lowest BCUT2D eigenvalue weighted by atomic mass is 10.1. The van der Waals surface area contributed by atoms with Crippen molar-refractivity contribution in [1.29, 1.82) is 0 Å². The van der Waals surface area contributed by atoms with Crippen LogP contribution in [-0.4, -0.2) is 19.0 Å².